The number of nitrogens with two attached hydrogens (primary N) is 1. The van der Waals surface area contributed by atoms with Gasteiger partial charge in [0.1, 0.15) is 5.69 Å². The van der Waals surface area contributed by atoms with Gasteiger partial charge in [0, 0.05) is 28.2 Å². The first-order chi connectivity index (χ1) is 9.60. The highest BCUT2D eigenvalue weighted by Gasteiger charge is 2.15. The summed E-state index contributed by atoms with van der Waals surface area (Å²) in [5.74, 6) is 5.74. The number of nitrogens with zero attached hydrogens (tertiary/aromatic N) is 2. The molecule has 0 saturated carbocycles. The van der Waals surface area contributed by atoms with Gasteiger partial charge >= 0.3 is 0 Å². The Morgan fingerprint density at radius 2 is 2.25 bits per heavy atom. The van der Waals surface area contributed by atoms with Crippen molar-refractivity contribution in [1.29, 1.82) is 0 Å². The molecule has 2 rings (SSSR count). The van der Waals surface area contributed by atoms with Crippen molar-refractivity contribution in [3.63, 3.8) is 0 Å². The quantitative estimate of drug-likeness (QED) is 0.883. The molecule has 2 aromatic heterocycles. The maximum atomic E-state index is 12.2. The topological polar surface area (TPSA) is 59.2 Å². The number of rotatable bonds is 3. The maximum Gasteiger partial charge on any atom is 0.273 e. The highest BCUT2D eigenvalue weighted by atomic mass is 32.1. The minimum absolute atomic E-state index is 0.0580. The van der Waals surface area contributed by atoms with E-state index in [-0.39, 0.29) is 5.91 Å². The molecule has 0 unspecified atom stereocenters. The van der Waals surface area contributed by atoms with Gasteiger partial charge in [-0.1, -0.05) is 11.8 Å². The summed E-state index contributed by atoms with van der Waals surface area (Å²) in [4.78, 5) is 19.1. The normalized spacial score (nSPS) is 9.95. The first-order valence-electron chi connectivity index (χ1n) is 6.04. The molecule has 2 aromatic rings. The number of aromatic nitrogens is 1. The third-order valence-electron chi connectivity index (χ3n) is 2.57. The smallest absolute Gasteiger partial charge is 0.273 e. The van der Waals surface area contributed by atoms with Crippen LogP contribution in [0.4, 0.5) is 0 Å². The fourth-order valence-electron chi connectivity index (χ4n) is 1.64. The summed E-state index contributed by atoms with van der Waals surface area (Å²) in [6.45, 7) is 2.81. The highest BCUT2D eigenvalue weighted by molar-refractivity contribution is 7.10. The van der Waals surface area contributed by atoms with Crippen LogP contribution in [0.25, 0.3) is 0 Å². The molecular weight excluding hydrogens is 290 g/mol. The molecule has 0 fully saturated rings. The molecule has 0 aliphatic heterocycles. The van der Waals surface area contributed by atoms with Crippen molar-refractivity contribution in [3.8, 4) is 11.8 Å². The molecule has 6 heteroatoms. The summed E-state index contributed by atoms with van der Waals surface area (Å²) in [5.41, 5.74) is 6.80. The number of amides is 1. The number of hydrogen-bond acceptors (Lipinski definition) is 5. The third kappa shape index (κ3) is 3.67. The van der Waals surface area contributed by atoms with Gasteiger partial charge in [0.25, 0.3) is 5.91 Å². The molecule has 0 radical (unpaired) electrons. The Balaban J connectivity index is 2.02. The van der Waals surface area contributed by atoms with Crippen molar-refractivity contribution in [2.45, 2.75) is 13.5 Å². The Morgan fingerprint density at radius 1 is 1.45 bits per heavy atom. The van der Waals surface area contributed by atoms with E-state index in [4.69, 9.17) is 5.73 Å². The average molecular weight is 305 g/mol. The summed E-state index contributed by atoms with van der Waals surface area (Å²) in [5, 5.41) is 4.67. The predicted molar refractivity (Wildman–Crippen MR) is 82.9 cm³/mol. The van der Waals surface area contributed by atoms with Gasteiger partial charge in [-0.15, -0.1) is 22.7 Å². The van der Waals surface area contributed by atoms with Crippen molar-refractivity contribution >= 4 is 28.6 Å². The fourth-order valence-corrected chi connectivity index (χ4v) is 3.10. The summed E-state index contributed by atoms with van der Waals surface area (Å²) in [7, 11) is 1.78. The van der Waals surface area contributed by atoms with Gasteiger partial charge in [-0.05, 0) is 13.0 Å². The second-order valence-electron chi connectivity index (χ2n) is 4.22. The number of hydrogen-bond donors (Lipinski definition) is 1. The monoisotopic (exact) mass is 305 g/mol. The molecule has 0 atom stereocenters. The fraction of sp³-hybridized carbons (Fsp3) is 0.286. The Kier molecular flexibility index (Phi) is 4.90. The summed E-state index contributed by atoms with van der Waals surface area (Å²) >= 11 is 3.07. The van der Waals surface area contributed by atoms with E-state index < -0.39 is 0 Å². The zero-order valence-corrected chi connectivity index (χ0v) is 13.0. The first kappa shape index (κ1) is 14.7. The van der Waals surface area contributed by atoms with Gasteiger partial charge in [-0.3, -0.25) is 4.79 Å². The van der Waals surface area contributed by atoms with Gasteiger partial charge in [0.15, 0.2) is 0 Å². The zero-order chi connectivity index (χ0) is 14.5. The van der Waals surface area contributed by atoms with Crippen LogP contribution in [-0.4, -0.2) is 29.4 Å². The molecule has 0 spiro atoms. The van der Waals surface area contributed by atoms with Crippen molar-refractivity contribution in [1.82, 2.24) is 9.88 Å². The molecule has 2 heterocycles. The summed E-state index contributed by atoms with van der Waals surface area (Å²) in [6, 6.07) is 1.99. The molecule has 0 aromatic carbocycles. The zero-order valence-electron chi connectivity index (χ0n) is 11.3. The molecular formula is C14H15N3OS2. The molecule has 4 nitrogen and oxygen atoms in total. The second kappa shape index (κ2) is 6.66. The van der Waals surface area contributed by atoms with E-state index in [1.807, 2.05) is 18.4 Å². The second-order valence-corrected chi connectivity index (χ2v) is 6.28. The van der Waals surface area contributed by atoms with E-state index in [0.717, 1.165) is 15.4 Å². The lowest BCUT2D eigenvalue weighted by atomic mass is 10.3. The van der Waals surface area contributed by atoms with Gasteiger partial charge in [0.2, 0.25) is 0 Å². The summed E-state index contributed by atoms with van der Waals surface area (Å²) in [6.07, 6.45) is 0. The number of thiophene rings is 1. The van der Waals surface area contributed by atoms with Crippen molar-refractivity contribution in [2.75, 3.05) is 13.6 Å². The van der Waals surface area contributed by atoms with Crippen molar-refractivity contribution in [3.05, 3.63) is 38.0 Å². The van der Waals surface area contributed by atoms with E-state index in [1.54, 1.807) is 28.7 Å². The van der Waals surface area contributed by atoms with E-state index in [0.29, 0.717) is 18.8 Å². The molecule has 1 amide bonds. The minimum atomic E-state index is -0.0580. The van der Waals surface area contributed by atoms with Gasteiger partial charge < -0.3 is 10.6 Å². The largest absolute Gasteiger partial charge is 0.335 e. The van der Waals surface area contributed by atoms with E-state index >= 15 is 0 Å². The van der Waals surface area contributed by atoms with Gasteiger partial charge in [0.05, 0.1) is 18.1 Å². The van der Waals surface area contributed by atoms with Gasteiger partial charge in [-0.2, -0.15) is 0 Å². The van der Waals surface area contributed by atoms with Crippen LogP contribution in [-0.2, 0) is 6.54 Å². The number of aryl methyl sites for hydroxylation is 1. The Bertz CT molecular complexity index is 663. The Morgan fingerprint density at radius 3 is 2.90 bits per heavy atom. The molecule has 0 bridgehead atoms. The average Bonchev–Trinajstić information content (AvgIpc) is 3.04. The van der Waals surface area contributed by atoms with Crippen LogP contribution >= 0.6 is 22.7 Å². The third-order valence-corrected chi connectivity index (χ3v) is 4.26. The Labute approximate surface area is 126 Å². The predicted octanol–water partition coefficient (Wildman–Crippen LogP) is 2.10. The number of thiazole rings is 1. The minimum Gasteiger partial charge on any atom is -0.335 e. The lowest BCUT2D eigenvalue weighted by molar-refractivity contribution is 0.0781. The number of carbonyl (C=O) groups excluding carboxylic acids is 1. The molecule has 0 aliphatic rings. The van der Waals surface area contributed by atoms with Crippen molar-refractivity contribution < 1.29 is 4.79 Å². The van der Waals surface area contributed by atoms with Crippen molar-refractivity contribution in [2.24, 2.45) is 5.73 Å². The molecule has 104 valence electrons. The van der Waals surface area contributed by atoms with Crippen LogP contribution in [0.15, 0.2) is 16.8 Å². The molecule has 0 saturated heterocycles. The van der Waals surface area contributed by atoms with Crippen LogP contribution in [0.2, 0.25) is 0 Å². The van der Waals surface area contributed by atoms with E-state index in [9.17, 15) is 4.79 Å². The maximum absolute atomic E-state index is 12.2. The molecule has 0 aliphatic carbocycles. The lowest BCUT2D eigenvalue weighted by Crippen LogP contribution is -2.26. The van der Waals surface area contributed by atoms with Crippen LogP contribution in [0.3, 0.4) is 0 Å². The molecule has 20 heavy (non-hydrogen) atoms. The Hall–Kier alpha value is -1.68. The van der Waals surface area contributed by atoms with Crippen LogP contribution in [0.1, 0.15) is 25.9 Å². The molecule has 2 N–H and O–H groups in total. The van der Waals surface area contributed by atoms with Crippen LogP contribution in [0.5, 0.6) is 0 Å². The van der Waals surface area contributed by atoms with E-state index in [1.165, 1.54) is 11.3 Å². The van der Waals surface area contributed by atoms with Crippen LogP contribution in [0, 0.1) is 18.8 Å². The SMILES string of the molecule is Cc1nc(C(=O)N(C)Cc2cc(C#CCN)cs2)cs1. The van der Waals surface area contributed by atoms with Gasteiger partial charge in [-0.25, -0.2) is 4.98 Å². The summed E-state index contributed by atoms with van der Waals surface area (Å²) < 4.78 is 0. The highest BCUT2D eigenvalue weighted by Crippen LogP contribution is 2.17. The van der Waals surface area contributed by atoms with Crippen LogP contribution < -0.4 is 5.73 Å². The van der Waals surface area contributed by atoms with E-state index in [2.05, 4.69) is 16.8 Å². The standard InChI is InChI=1S/C14H15N3OS2/c1-10-16-13(9-19-10)14(18)17(2)7-12-6-11(8-20-12)4-3-5-15/h6,8-9H,5,7,15H2,1-2H3. The lowest BCUT2D eigenvalue weighted by Gasteiger charge is -2.14. The first-order valence-corrected chi connectivity index (χ1v) is 7.80. The number of carbonyl (C=O) groups is 1.